The van der Waals surface area contributed by atoms with Crippen molar-refractivity contribution in [1.29, 1.82) is 0 Å². The van der Waals surface area contributed by atoms with Crippen LogP contribution in [0.5, 0.6) is 0 Å². The third kappa shape index (κ3) is 3.58. The Morgan fingerprint density at radius 2 is 2.25 bits per heavy atom. The Morgan fingerprint density at radius 3 is 2.95 bits per heavy atom. The first-order valence-electron chi connectivity index (χ1n) is 6.58. The smallest absolute Gasteiger partial charge is 0.328 e. The van der Waals surface area contributed by atoms with E-state index in [-0.39, 0.29) is 0 Å². The topological polar surface area (TPSA) is 40.5 Å². The largest absolute Gasteiger partial charge is 0.478 e. The second-order valence-electron chi connectivity index (χ2n) is 4.88. The number of rotatable bonds is 3. The van der Waals surface area contributed by atoms with E-state index < -0.39 is 5.97 Å². The summed E-state index contributed by atoms with van der Waals surface area (Å²) in [6.45, 7) is 5.45. The number of carboxylic acids is 1. The molecule has 1 fully saturated rings. The molecule has 0 aromatic heterocycles. The molecule has 1 aliphatic heterocycles. The second kappa shape index (κ2) is 6.68. The van der Waals surface area contributed by atoms with Gasteiger partial charge in [0.05, 0.1) is 0 Å². The SMILES string of the molecule is CC1SCCN(c2cc(Br)ccc2/C=C/C(=O)O)C1C. The summed E-state index contributed by atoms with van der Waals surface area (Å²) in [4.78, 5) is 13.1. The highest BCUT2D eigenvalue weighted by atomic mass is 79.9. The van der Waals surface area contributed by atoms with E-state index in [9.17, 15) is 4.79 Å². The quantitative estimate of drug-likeness (QED) is 0.835. The van der Waals surface area contributed by atoms with Gasteiger partial charge in [-0.1, -0.05) is 28.9 Å². The van der Waals surface area contributed by atoms with Gasteiger partial charge in [-0.25, -0.2) is 4.79 Å². The Hall–Kier alpha value is -0.940. The number of thioether (sulfide) groups is 1. The van der Waals surface area contributed by atoms with Gasteiger partial charge in [0.25, 0.3) is 0 Å². The minimum absolute atomic E-state index is 0.431. The number of benzene rings is 1. The molecule has 1 aromatic carbocycles. The minimum atomic E-state index is -0.922. The fraction of sp³-hybridized carbons (Fsp3) is 0.400. The molecule has 5 heteroatoms. The summed E-state index contributed by atoms with van der Waals surface area (Å²) >= 11 is 5.49. The van der Waals surface area contributed by atoms with Crippen LogP contribution >= 0.6 is 27.7 Å². The number of halogens is 1. The van der Waals surface area contributed by atoms with Gasteiger partial charge in [-0.3, -0.25) is 0 Å². The molecule has 3 nitrogen and oxygen atoms in total. The van der Waals surface area contributed by atoms with Crippen molar-refractivity contribution >= 4 is 45.4 Å². The Morgan fingerprint density at radius 1 is 1.50 bits per heavy atom. The molecule has 0 amide bonds. The van der Waals surface area contributed by atoms with Crippen molar-refractivity contribution in [2.75, 3.05) is 17.2 Å². The zero-order valence-corrected chi connectivity index (χ0v) is 13.9. The zero-order chi connectivity index (χ0) is 14.7. The Kier molecular flexibility index (Phi) is 5.16. The van der Waals surface area contributed by atoms with Crippen LogP contribution in [0.2, 0.25) is 0 Å². The van der Waals surface area contributed by atoms with Crippen molar-refractivity contribution in [2.24, 2.45) is 0 Å². The molecular formula is C15H18BrNO2S. The summed E-state index contributed by atoms with van der Waals surface area (Å²) in [6, 6.07) is 6.40. The summed E-state index contributed by atoms with van der Waals surface area (Å²) in [5, 5.41) is 9.38. The van der Waals surface area contributed by atoms with Crippen LogP contribution in [-0.2, 0) is 4.79 Å². The highest BCUT2D eigenvalue weighted by Gasteiger charge is 2.26. The predicted molar refractivity (Wildman–Crippen MR) is 89.5 cm³/mol. The average Bonchev–Trinajstić information content (AvgIpc) is 2.40. The molecule has 0 aliphatic carbocycles. The van der Waals surface area contributed by atoms with Crippen LogP contribution in [0.4, 0.5) is 5.69 Å². The van der Waals surface area contributed by atoms with Gasteiger partial charge >= 0.3 is 5.97 Å². The number of carbonyl (C=O) groups is 1. The number of hydrogen-bond donors (Lipinski definition) is 1. The van der Waals surface area contributed by atoms with Gasteiger partial charge < -0.3 is 10.0 Å². The van der Waals surface area contributed by atoms with Crippen molar-refractivity contribution in [2.45, 2.75) is 25.1 Å². The van der Waals surface area contributed by atoms with Crippen molar-refractivity contribution in [1.82, 2.24) is 0 Å². The average molecular weight is 356 g/mol. The van der Waals surface area contributed by atoms with E-state index in [1.807, 2.05) is 23.9 Å². The molecule has 1 heterocycles. The maximum Gasteiger partial charge on any atom is 0.328 e. The molecule has 1 aromatic rings. The van der Waals surface area contributed by atoms with Crippen molar-refractivity contribution in [3.8, 4) is 0 Å². The van der Waals surface area contributed by atoms with Crippen molar-refractivity contribution in [3.63, 3.8) is 0 Å². The highest BCUT2D eigenvalue weighted by Crippen LogP contribution is 2.33. The monoisotopic (exact) mass is 355 g/mol. The Bertz CT molecular complexity index is 533. The molecule has 2 atom stereocenters. The molecule has 0 bridgehead atoms. The Balaban J connectivity index is 2.38. The second-order valence-corrected chi connectivity index (χ2v) is 7.29. The van der Waals surface area contributed by atoms with Crippen LogP contribution < -0.4 is 4.90 Å². The maximum atomic E-state index is 10.7. The van der Waals surface area contributed by atoms with Gasteiger partial charge in [0.1, 0.15) is 0 Å². The molecule has 1 N–H and O–H groups in total. The summed E-state index contributed by atoms with van der Waals surface area (Å²) in [6.07, 6.45) is 2.86. The maximum absolute atomic E-state index is 10.7. The van der Waals surface area contributed by atoms with Crippen molar-refractivity contribution < 1.29 is 9.90 Å². The zero-order valence-electron chi connectivity index (χ0n) is 11.5. The van der Waals surface area contributed by atoms with Crippen LogP contribution in [0.3, 0.4) is 0 Å². The first-order valence-corrected chi connectivity index (χ1v) is 8.42. The van der Waals surface area contributed by atoms with E-state index in [4.69, 9.17) is 5.11 Å². The van der Waals surface area contributed by atoms with Crippen molar-refractivity contribution in [3.05, 3.63) is 34.3 Å². The highest BCUT2D eigenvalue weighted by molar-refractivity contribution is 9.10. The number of hydrogen-bond acceptors (Lipinski definition) is 3. The molecule has 0 saturated carbocycles. The lowest BCUT2D eigenvalue weighted by molar-refractivity contribution is -0.131. The van der Waals surface area contributed by atoms with Gasteiger partial charge in [-0.05, 0) is 30.7 Å². The normalized spacial score (nSPS) is 23.2. The molecule has 20 heavy (non-hydrogen) atoms. The lowest BCUT2D eigenvalue weighted by Crippen LogP contribution is -2.45. The van der Waals surface area contributed by atoms with E-state index in [1.165, 1.54) is 6.08 Å². The molecule has 108 valence electrons. The molecular weight excluding hydrogens is 338 g/mol. The Labute approximate surface area is 132 Å². The van der Waals surface area contributed by atoms with E-state index in [0.717, 1.165) is 28.0 Å². The van der Waals surface area contributed by atoms with E-state index in [1.54, 1.807) is 6.08 Å². The minimum Gasteiger partial charge on any atom is -0.478 e. The van der Waals surface area contributed by atoms with E-state index in [0.29, 0.717) is 11.3 Å². The van der Waals surface area contributed by atoms with Crippen LogP contribution in [0.15, 0.2) is 28.7 Å². The third-order valence-corrected chi connectivity index (χ3v) is 5.42. The third-order valence-electron chi connectivity index (χ3n) is 3.59. The van der Waals surface area contributed by atoms with Crippen LogP contribution in [0, 0.1) is 0 Å². The number of carboxylic acid groups (broad SMARTS) is 1. The fourth-order valence-electron chi connectivity index (χ4n) is 2.34. The molecule has 1 saturated heterocycles. The van der Waals surface area contributed by atoms with Gasteiger partial charge in [-0.15, -0.1) is 0 Å². The molecule has 2 unspecified atom stereocenters. The lowest BCUT2D eigenvalue weighted by Gasteiger charge is -2.40. The van der Waals surface area contributed by atoms with Crippen LogP contribution in [-0.4, -0.2) is 34.7 Å². The summed E-state index contributed by atoms with van der Waals surface area (Å²) < 4.78 is 1.01. The van der Waals surface area contributed by atoms with Gasteiger partial charge in [0, 0.05) is 39.8 Å². The van der Waals surface area contributed by atoms with E-state index in [2.05, 4.69) is 40.7 Å². The summed E-state index contributed by atoms with van der Waals surface area (Å²) in [5.74, 6) is 0.176. The standard InChI is InChI=1S/C15H18BrNO2S/c1-10-11(2)20-8-7-17(10)14-9-13(16)5-3-12(14)4-6-15(18)19/h3-6,9-11H,7-8H2,1-2H3,(H,18,19)/b6-4+. The van der Waals surface area contributed by atoms with Gasteiger partial charge in [0.2, 0.25) is 0 Å². The first kappa shape index (κ1) is 15.4. The van der Waals surface area contributed by atoms with Crippen LogP contribution in [0.1, 0.15) is 19.4 Å². The van der Waals surface area contributed by atoms with Gasteiger partial charge in [0.15, 0.2) is 0 Å². The summed E-state index contributed by atoms with van der Waals surface area (Å²) in [5.41, 5.74) is 2.04. The van der Waals surface area contributed by atoms with Crippen LogP contribution in [0.25, 0.3) is 6.08 Å². The number of anilines is 1. The van der Waals surface area contributed by atoms with E-state index >= 15 is 0 Å². The summed E-state index contributed by atoms with van der Waals surface area (Å²) in [7, 11) is 0. The van der Waals surface area contributed by atoms with Gasteiger partial charge in [-0.2, -0.15) is 11.8 Å². The first-order chi connectivity index (χ1) is 9.49. The molecule has 1 aliphatic rings. The molecule has 0 radical (unpaired) electrons. The molecule has 0 spiro atoms. The number of aliphatic carboxylic acids is 1. The molecule has 2 rings (SSSR count). The lowest BCUT2D eigenvalue weighted by atomic mass is 10.1. The predicted octanol–water partition coefficient (Wildman–Crippen LogP) is 3.88. The number of nitrogens with zero attached hydrogens (tertiary/aromatic N) is 1. The fourth-order valence-corrected chi connectivity index (χ4v) is 3.79.